The van der Waals surface area contributed by atoms with Crippen LogP contribution in [-0.4, -0.2) is 25.5 Å². The minimum Gasteiger partial charge on any atom is -0.452 e. The van der Waals surface area contributed by atoms with Crippen molar-refractivity contribution in [3.05, 3.63) is 28.8 Å². The predicted octanol–water partition coefficient (Wildman–Crippen LogP) is 0.825. The van der Waals surface area contributed by atoms with Gasteiger partial charge in [-0.3, -0.25) is 4.79 Å². The molecule has 16 heavy (non-hydrogen) atoms. The lowest BCUT2D eigenvalue weighted by Crippen LogP contribution is -2.25. The Kier molecular flexibility index (Phi) is 4.13. The first-order chi connectivity index (χ1) is 7.56. The van der Waals surface area contributed by atoms with Crippen molar-refractivity contribution in [2.24, 2.45) is 0 Å². The molecule has 3 N–H and O–H groups in total. The topological polar surface area (TPSA) is 81.4 Å². The van der Waals surface area contributed by atoms with Crippen LogP contribution in [0.25, 0.3) is 0 Å². The Morgan fingerprint density at radius 3 is 2.75 bits per heavy atom. The second-order valence-electron chi connectivity index (χ2n) is 2.95. The zero-order valence-electron chi connectivity index (χ0n) is 8.62. The van der Waals surface area contributed by atoms with Gasteiger partial charge in [-0.05, 0) is 12.1 Å². The van der Waals surface area contributed by atoms with E-state index < -0.39 is 11.9 Å². The van der Waals surface area contributed by atoms with Crippen molar-refractivity contribution < 1.29 is 14.3 Å². The van der Waals surface area contributed by atoms with Gasteiger partial charge in [-0.2, -0.15) is 0 Å². The van der Waals surface area contributed by atoms with E-state index in [1.165, 1.54) is 19.2 Å². The molecule has 0 unspecified atom stereocenters. The number of ether oxygens (including phenoxy) is 1. The second-order valence-corrected chi connectivity index (χ2v) is 3.36. The maximum Gasteiger partial charge on any atom is 0.342 e. The number of esters is 1. The fraction of sp³-hybridized carbons (Fsp3) is 0.200. The summed E-state index contributed by atoms with van der Waals surface area (Å²) in [6.07, 6.45) is 0. The second kappa shape index (κ2) is 5.37. The average molecular weight is 243 g/mol. The number of nitrogen functional groups attached to an aromatic ring is 1. The molecule has 6 heteroatoms. The Morgan fingerprint density at radius 1 is 1.50 bits per heavy atom. The first kappa shape index (κ1) is 12.3. The van der Waals surface area contributed by atoms with Crippen molar-refractivity contribution in [1.82, 2.24) is 5.32 Å². The Balaban J connectivity index is 2.77. The molecular weight excluding hydrogens is 232 g/mol. The monoisotopic (exact) mass is 242 g/mol. The number of rotatable bonds is 3. The number of nitrogens with two attached hydrogens (primary N) is 1. The Hall–Kier alpha value is -1.75. The molecule has 5 nitrogen and oxygen atoms in total. The Labute approximate surface area is 97.5 Å². The molecule has 0 spiro atoms. The smallest absolute Gasteiger partial charge is 0.342 e. The van der Waals surface area contributed by atoms with E-state index in [9.17, 15) is 9.59 Å². The number of carbonyl (C=O) groups is 2. The van der Waals surface area contributed by atoms with Gasteiger partial charge in [0.2, 0.25) is 0 Å². The van der Waals surface area contributed by atoms with Gasteiger partial charge in [0, 0.05) is 12.7 Å². The zero-order valence-corrected chi connectivity index (χ0v) is 9.38. The molecule has 0 aliphatic rings. The Bertz CT molecular complexity index is 400. The van der Waals surface area contributed by atoms with Crippen molar-refractivity contribution >= 4 is 29.2 Å². The van der Waals surface area contributed by atoms with Gasteiger partial charge in [0.25, 0.3) is 5.91 Å². The minimum atomic E-state index is -0.716. The number of nitrogens with one attached hydrogen (secondary N) is 1. The summed E-state index contributed by atoms with van der Waals surface area (Å²) in [5, 5.41) is 2.52. The van der Waals surface area contributed by atoms with Crippen molar-refractivity contribution in [3.8, 4) is 0 Å². The molecule has 0 aliphatic heterocycles. The fourth-order valence-electron chi connectivity index (χ4n) is 1.03. The zero-order chi connectivity index (χ0) is 12.1. The van der Waals surface area contributed by atoms with Crippen LogP contribution in [0.1, 0.15) is 10.4 Å². The highest BCUT2D eigenvalue weighted by molar-refractivity contribution is 6.34. The van der Waals surface area contributed by atoms with Crippen molar-refractivity contribution in [3.63, 3.8) is 0 Å². The van der Waals surface area contributed by atoms with Gasteiger partial charge in [0.05, 0.1) is 5.02 Å². The summed E-state index contributed by atoms with van der Waals surface area (Å²) in [5.74, 6) is -1.12. The molecule has 0 saturated heterocycles. The third kappa shape index (κ3) is 2.87. The number of benzene rings is 1. The van der Waals surface area contributed by atoms with Crippen LogP contribution < -0.4 is 11.1 Å². The molecule has 0 atom stereocenters. The SMILES string of the molecule is CNC(=O)COC(=O)c1c(N)cccc1Cl. The van der Waals surface area contributed by atoms with Gasteiger partial charge in [-0.15, -0.1) is 0 Å². The van der Waals surface area contributed by atoms with E-state index in [2.05, 4.69) is 5.32 Å². The van der Waals surface area contributed by atoms with Gasteiger partial charge >= 0.3 is 5.97 Å². The molecule has 0 aliphatic carbocycles. The van der Waals surface area contributed by atoms with Crippen molar-refractivity contribution in [2.75, 3.05) is 19.4 Å². The van der Waals surface area contributed by atoms with Crippen LogP contribution in [0.3, 0.4) is 0 Å². The number of carbonyl (C=O) groups excluding carboxylic acids is 2. The number of anilines is 1. The highest BCUT2D eigenvalue weighted by atomic mass is 35.5. The summed E-state index contributed by atoms with van der Waals surface area (Å²) in [4.78, 5) is 22.4. The molecular formula is C10H11ClN2O3. The lowest BCUT2D eigenvalue weighted by atomic mass is 10.2. The van der Waals surface area contributed by atoms with Crippen LogP contribution in [0.4, 0.5) is 5.69 Å². The van der Waals surface area contributed by atoms with Crippen LogP contribution in [0.5, 0.6) is 0 Å². The number of hydrogen-bond acceptors (Lipinski definition) is 4. The normalized spacial score (nSPS) is 9.62. The van der Waals surface area contributed by atoms with Gasteiger partial charge in [-0.25, -0.2) is 4.79 Å². The predicted molar refractivity (Wildman–Crippen MR) is 60.2 cm³/mol. The lowest BCUT2D eigenvalue weighted by molar-refractivity contribution is -0.123. The molecule has 0 radical (unpaired) electrons. The van der Waals surface area contributed by atoms with Crippen LogP contribution in [-0.2, 0) is 9.53 Å². The van der Waals surface area contributed by atoms with Crippen LogP contribution in [0, 0.1) is 0 Å². The number of likely N-dealkylation sites (N-methyl/N-ethyl adjacent to an activating group) is 1. The van der Waals surface area contributed by atoms with E-state index in [1.54, 1.807) is 6.07 Å². The highest BCUT2D eigenvalue weighted by Crippen LogP contribution is 2.22. The summed E-state index contributed by atoms with van der Waals surface area (Å²) in [7, 11) is 1.44. The first-order valence-electron chi connectivity index (χ1n) is 4.48. The maximum absolute atomic E-state index is 11.5. The number of halogens is 1. The molecule has 86 valence electrons. The number of hydrogen-bond donors (Lipinski definition) is 2. The van der Waals surface area contributed by atoms with Crippen LogP contribution in [0.2, 0.25) is 5.02 Å². The molecule has 0 heterocycles. The quantitative estimate of drug-likeness (QED) is 0.608. The molecule has 1 aromatic rings. The summed E-state index contributed by atoms with van der Waals surface area (Å²) in [5.41, 5.74) is 5.87. The minimum absolute atomic E-state index is 0.0769. The highest BCUT2D eigenvalue weighted by Gasteiger charge is 2.16. The molecule has 1 rings (SSSR count). The standard InChI is InChI=1S/C10H11ClN2O3/c1-13-8(14)5-16-10(15)9-6(11)3-2-4-7(9)12/h2-4H,5,12H2,1H3,(H,13,14). The van der Waals surface area contributed by atoms with E-state index >= 15 is 0 Å². The summed E-state index contributed by atoms with van der Waals surface area (Å²) in [6.45, 7) is -0.361. The maximum atomic E-state index is 11.5. The van der Waals surface area contributed by atoms with Crippen LogP contribution in [0.15, 0.2) is 18.2 Å². The molecule has 0 aromatic heterocycles. The van der Waals surface area contributed by atoms with E-state index in [-0.39, 0.29) is 22.9 Å². The summed E-state index contributed by atoms with van der Waals surface area (Å²) >= 11 is 5.79. The van der Waals surface area contributed by atoms with Gasteiger partial charge < -0.3 is 15.8 Å². The number of amides is 1. The lowest BCUT2D eigenvalue weighted by Gasteiger charge is -2.07. The van der Waals surface area contributed by atoms with Crippen molar-refractivity contribution in [1.29, 1.82) is 0 Å². The van der Waals surface area contributed by atoms with Crippen molar-refractivity contribution in [2.45, 2.75) is 0 Å². The van der Waals surface area contributed by atoms with E-state index in [0.717, 1.165) is 0 Å². The fourth-order valence-corrected chi connectivity index (χ4v) is 1.29. The van der Waals surface area contributed by atoms with E-state index in [4.69, 9.17) is 22.1 Å². The first-order valence-corrected chi connectivity index (χ1v) is 4.85. The third-order valence-corrected chi connectivity index (χ3v) is 2.18. The van der Waals surface area contributed by atoms with E-state index in [0.29, 0.717) is 0 Å². The largest absolute Gasteiger partial charge is 0.452 e. The molecule has 0 fully saturated rings. The van der Waals surface area contributed by atoms with Gasteiger partial charge in [0.15, 0.2) is 6.61 Å². The molecule has 1 amide bonds. The molecule has 0 saturated carbocycles. The van der Waals surface area contributed by atoms with Crippen LogP contribution >= 0.6 is 11.6 Å². The third-order valence-electron chi connectivity index (χ3n) is 1.86. The van der Waals surface area contributed by atoms with Gasteiger partial charge in [-0.1, -0.05) is 17.7 Å². The summed E-state index contributed by atoms with van der Waals surface area (Å²) < 4.78 is 4.73. The van der Waals surface area contributed by atoms with E-state index in [1.807, 2.05) is 0 Å². The molecule has 0 bridgehead atoms. The molecule has 1 aromatic carbocycles. The van der Waals surface area contributed by atoms with Gasteiger partial charge in [0.1, 0.15) is 5.56 Å². The Morgan fingerprint density at radius 2 is 2.19 bits per heavy atom. The summed E-state index contributed by atoms with van der Waals surface area (Å²) in [6, 6.07) is 4.67. The average Bonchev–Trinajstić information content (AvgIpc) is 2.25.